The predicted molar refractivity (Wildman–Crippen MR) is 65.7 cm³/mol. The van der Waals surface area contributed by atoms with Crippen molar-refractivity contribution < 1.29 is 4.74 Å². The highest BCUT2D eigenvalue weighted by Crippen LogP contribution is 2.38. The van der Waals surface area contributed by atoms with Crippen LogP contribution < -0.4 is 10.5 Å². The number of hydrogen-bond acceptors (Lipinski definition) is 3. The summed E-state index contributed by atoms with van der Waals surface area (Å²) >= 11 is 8.08. The fourth-order valence-corrected chi connectivity index (χ4v) is 3.27. The monoisotopic (exact) mass is 243 g/mol. The fourth-order valence-electron chi connectivity index (χ4n) is 1.89. The second-order valence-corrected chi connectivity index (χ2v) is 5.10. The van der Waals surface area contributed by atoms with Gasteiger partial charge < -0.3 is 10.5 Å². The molecule has 1 aromatic rings. The summed E-state index contributed by atoms with van der Waals surface area (Å²) in [6, 6.07) is 3.83. The van der Waals surface area contributed by atoms with Crippen molar-refractivity contribution in [3.8, 4) is 5.75 Å². The maximum absolute atomic E-state index is 6.19. The number of ether oxygens (including phenoxy) is 1. The molecule has 1 aliphatic heterocycles. The quantitative estimate of drug-likeness (QED) is 0.824. The fraction of sp³-hybridized carbons (Fsp3) is 0.455. The smallest absolute Gasteiger partial charge is 0.123 e. The summed E-state index contributed by atoms with van der Waals surface area (Å²) in [4.78, 5) is 0. The van der Waals surface area contributed by atoms with Crippen LogP contribution in [0.15, 0.2) is 12.1 Å². The van der Waals surface area contributed by atoms with Crippen LogP contribution >= 0.6 is 23.4 Å². The minimum absolute atomic E-state index is 0.0394. The van der Waals surface area contributed by atoms with E-state index in [0.717, 1.165) is 34.3 Å². The van der Waals surface area contributed by atoms with Gasteiger partial charge in [-0.05, 0) is 29.9 Å². The van der Waals surface area contributed by atoms with E-state index in [1.165, 1.54) is 5.56 Å². The van der Waals surface area contributed by atoms with Gasteiger partial charge in [0.15, 0.2) is 0 Å². The Kier molecular flexibility index (Phi) is 3.44. The molecule has 1 unspecified atom stereocenters. The number of halogens is 1. The van der Waals surface area contributed by atoms with Gasteiger partial charge in [-0.15, -0.1) is 0 Å². The van der Waals surface area contributed by atoms with Gasteiger partial charge in [-0.25, -0.2) is 0 Å². The van der Waals surface area contributed by atoms with Crippen molar-refractivity contribution in [2.24, 2.45) is 5.73 Å². The van der Waals surface area contributed by atoms with Crippen molar-refractivity contribution in [3.63, 3.8) is 0 Å². The molecule has 4 heteroatoms. The molecule has 0 spiro atoms. The summed E-state index contributed by atoms with van der Waals surface area (Å²) in [5.74, 6) is 2.92. The molecule has 1 atom stereocenters. The molecule has 0 saturated carbocycles. The summed E-state index contributed by atoms with van der Waals surface area (Å²) in [5.41, 5.74) is 8.35. The Hall–Kier alpha value is -0.380. The van der Waals surface area contributed by atoms with Crippen LogP contribution in [0.5, 0.6) is 5.75 Å². The highest BCUT2D eigenvalue weighted by molar-refractivity contribution is 7.98. The Labute approximate surface area is 99.1 Å². The van der Waals surface area contributed by atoms with E-state index in [1.54, 1.807) is 7.11 Å². The lowest BCUT2D eigenvalue weighted by Crippen LogP contribution is -2.12. The first kappa shape index (κ1) is 11.1. The zero-order chi connectivity index (χ0) is 10.8. The summed E-state index contributed by atoms with van der Waals surface area (Å²) in [7, 11) is 1.69. The first-order valence-corrected chi connectivity index (χ1v) is 6.46. The predicted octanol–water partition coefficient (Wildman–Crippen LogP) is 2.99. The molecule has 0 aromatic heterocycles. The van der Waals surface area contributed by atoms with Gasteiger partial charge in [0.25, 0.3) is 0 Å². The number of nitrogens with two attached hydrogens (primary N) is 1. The molecule has 2 rings (SSSR count). The van der Waals surface area contributed by atoms with Crippen LogP contribution in [0.3, 0.4) is 0 Å². The molecule has 1 aliphatic rings. The van der Waals surface area contributed by atoms with Crippen molar-refractivity contribution in [1.29, 1.82) is 0 Å². The Bertz CT molecular complexity index is 370. The lowest BCUT2D eigenvalue weighted by molar-refractivity contribution is 0.410. The molecular weight excluding hydrogens is 230 g/mol. The van der Waals surface area contributed by atoms with Gasteiger partial charge in [-0.2, -0.15) is 11.8 Å². The van der Waals surface area contributed by atoms with Crippen LogP contribution in [-0.2, 0) is 5.75 Å². The summed E-state index contributed by atoms with van der Waals surface area (Å²) < 4.78 is 5.34. The molecule has 0 saturated heterocycles. The van der Waals surface area contributed by atoms with Gasteiger partial charge in [-0.3, -0.25) is 0 Å². The van der Waals surface area contributed by atoms with Crippen LogP contribution in [0.25, 0.3) is 0 Å². The van der Waals surface area contributed by atoms with Gasteiger partial charge in [0, 0.05) is 22.4 Å². The van der Waals surface area contributed by atoms with Crippen LogP contribution in [0.2, 0.25) is 5.02 Å². The van der Waals surface area contributed by atoms with Crippen molar-refractivity contribution in [2.75, 3.05) is 12.9 Å². The molecule has 1 heterocycles. The van der Waals surface area contributed by atoms with E-state index in [-0.39, 0.29) is 6.04 Å². The molecule has 15 heavy (non-hydrogen) atoms. The summed E-state index contributed by atoms with van der Waals surface area (Å²) in [5, 5.41) is 0.765. The van der Waals surface area contributed by atoms with Gasteiger partial charge in [0.05, 0.1) is 7.11 Å². The van der Waals surface area contributed by atoms with Crippen LogP contribution in [0.4, 0.5) is 0 Å². The third-order valence-electron chi connectivity index (χ3n) is 2.67. The second kappa shape index (κ2) is 4.64. The first-order chi connectivity index (χ1) is 7.24. The van der Waals surface area contributed by atoms with E-state index in [0.29, 0.717) is 0 Å². The molecule has 0 amide bonds. The minimum Gasteiger partial charge on any atom is -0.496 e. The number of fused-ring (bicyclic) bond motifs is 1. The third kappa shape index (κ3) is 2.10. The van der Waals surface area contributed by atoms with Gasteiger partial charge >= 0.3 is 0 Å². The molecule has 0 fully saturated rings. The van der Waals surface area contributed by atoms with Crippen molar-refractivity contribution in [1.82, 2.24) is 0 Å². The van der Waals surface area contributed by atoms with E-state index in [1.807, 2.05) is 23.9 Å². The Morgan fingerprint density at radius 3 is 3.07 bits per heavy atom. The van der Waals surface area contributed by atoms with E-state index in [2.05, 4.69) is 0 Å². The Morgan fingerprint density at radius 1 is 1.53 bits per heavy atom. The highest BCUT2D eigenvalue weighted by Gasteiger charge is 2.21. The zero-order valence-corrected chi connectivity index (χ0v) is 10.2. The van der Waals surface area contributed by atoms with Gasteiger partial charge in [-0.1, -0.05) is 11.6 Å². The largest absolute Gasteiger partial charge is 0.496 e. The zero-order valence-electron chi connectivity index (χ0n) is 8.63. The van der Waals surface area contributed by atoms with Gasteiger partial charge in [0.2, 0.25) is 0 Å². The molecule has 82 valence electrons. The number of methoxy groups -OCH3 is 1. The van der Waals surface area contributed by atoms with Crippen molar-refractivity contribution >= 4 is 23.4 Å². The Morgan fingerprint density at radius 2 is 2.33 bits per heavy atom. The molecule has 1 aromatic carbocycles. The molecular formula is C11H14ClNOS. The average Bonchev–Trinajstić information content (AvgIpc) is 2.42. The first-order valence-electron chi connectivity index (χ1n) is 4.92. The minimum atomic E-state index is 0.0394. The molecule has 0 aliphatic carbocycles. The number of thioether (sulfide) groups is 1. The van der Waals surface area contributed by atoms with Gasteiger partial charge in [0.1, 0.15) is 5.75 Å². The lowest BCUT2D eigenvalue weighted by atomic mass is 9.99. The van der Waals surface area contributed by atoms with E-state index < -0.39 is 0 Å². The Balaban J connectivity index is 2.55. The van der Waals surface area contributed by atoms with Crippen LogP contribution in [0, 0.1) is 0 Å². The topological polar surface area (TPSA) is 35.2 Å². The summed E-state index contributed by atoms with van der Waals surface area (Å²) in [6.45, 7) is 0. The number of rotatable bonds is 1. The van der Waals surface area contributed by atoms with E-state index >= 15 is 0 Å². The molecule has 0 radical (unpaired) electrons. The molecule has 0 bridgehead atoms. The molecule has 2 nitrogen and oxygen atoms in total. The molecule has 2 N–H and O–H groups in total. The summed E-state index contributed by atoms with van der Waals surface area (Å²) in [6.07, 6.45) is 0.977. The third-order valence-corrected chi connectivity index (χ3v) is 4.02. The maximum Gasteiger partial charge on any atom is 0.123 e. The maximum atomic E-state index is 6.19. The lowest BCUT2D eigenvalue weighted by Gasteiger charge is -2.16. The van der Waals surface area contributed by atoms with E-state index in [9.17, 15) is 0 Å². The number of benzene rings is 1. The standard InChI is InChI=1S/C11H14ClNOS/c1-14-10-3-2-8(12)11-7(10)6-15-5-4-9(11)13/h2-3,9H,4-6,13H2,1H3. The van der Waals surface area contributed by atoms with Crippen LogP contribution in [-0.4, -0.2) is 12.9 Å². The van der Waals surface area contributed by atoms with Crippen LogP contribution in [0.1, 0.15) is 23.6 Å². The van der Waals surface area contributed by atoms with E-state index in [4.69, 9.17) is 22.1 Å². The second-order valence-electron chi connectivity index (χ2n) is 3.59. The normalized spacial score (nSPS) is 20.6. The van der Waals surface area contributed by atoms with Crippen molar-refractivity contribution in [3.05, 3.63) is 28.3 Å². The van der Waals surface area contributed by atoms with Crippen molar-refractivity contribution in [2.45, 2.75) is 18.2 Å². The number of hydrogen-bond donors (Lipinski definition) is 1. The highest BCUT2D eigenvalue weighted by atomic mass is 35.5. The SMILES string of the molecule is COc1ccc(Cl)c2c1CSCCC2N. The average molecular weight is 244 g/mol.